The fourth-order valence-corrected chi connectivity index (χ4v) is 2.61. The third-order valence-corrected chi connectivity index (χ3v) is 3.82. The van der Waals surface area contributed by atoms with Gasteiger partial charge >= 0.3 is 0 Å². The van der Waals surface area contributed by atoms with Crippen molar-refractivity contribution < 1.29 is 4.42 Å². The van der Waals surface area contributed by atoms with Gasteiger partial charge in [0, 0.05) is 17.9 Å². The van der Waals surface area contributed by atoms with Gasteiger partial charge in [-0.25, -0.2) is 0 Å². The molecule has 0 aliphatic rings. The number of aromatic nitrogens is 3. The highest BCUT2D eigenvalue weighted by Crippen LogP contribution is 2.26. The van der Waals surface area contributed by atoms with Gasteiger partial charge in [-0.2, -0.15) is 0 Å². The van der Waals surface area contributed by atoms with Crippen LogP contribution in [0.3, 0.4) is 0 Å². The Hall–Kier alpha value is -1.23. The molecule has 5 heteroatoms. The van der Waals surface area contributed by atoms with Crippen LogP contribution >= 0.6 is 11.8 Å². The van der Waals surface area contributed by atoms with Crippen molar-refractivity contribution in [1.29, 1.82) is 0 Å². The van der Waals surface area contributed by atoms with Gasteiger partial charge in [0.25, 0.3) is 0 Å². The third kappa shape index (κ3) is 2.54. The molecule has 0 spiro atoms. The molecular formula is C12H17N3OS. The summed E-state index contributed by atoms with van der Waals surface area (Å²) in [5.41, 5.74) is 0. The van der Waals surface area contributed by atoms with Gasteiger partial charge in [-0.15, -0.1) is 22.0 Å². The Balaban J connectivity index is 2.07. The Labute approximate surface area is 105 Å². The standard InChI is InChI=1S/C12H17N3OS/c1-8(2)12-14-13-11(15(12)4)7-17-10-5-6-16-9(10)3/h5-6,8H,7H2,1-4H3. The van der Waals surface area contributed by atoms with Gasteiger partial charge in [0.15, 0.2) is 0 Å². The minimum atomic E-state index is 0.405. The van der Waals surface area contributed by atoms with E-state index >= 15 is 0 Å². The van der Waals surface area contributed by atoms with Crippen LogP contribution in [-0.4, -0.2) is 14.8 Å². The van der Waals surface area contributed by atoms with E-state index in [0.29, 0.717) is 5.92 Å². The number of hydrogen-bond acceptors (Lipinski definition) is 4. The normalized spacial score (nSPS) is 11.4. The molecule has 2 aromatic heterocycles. The fraction of sp³-hybridized carbons (Fsp3) is 0.500. The maximum atomic E-state index is 5.26. The lowest BCUT2D eigenvalue weighted by Crippen LogP contribution is -2.02. The first-order chi connectivity index (χ1) is 8.09. The van der Waals surface area contributed by atoms with Crippen LogP contribution < -0.4 is 0 Å². The van der Waals surface area contributed by atoms with E-state index in [9.17, 15) is 0 Å². The summed E-state index contributed by atoms with van der Waals surface area (Å²) >= 11 is 1.73. The van der Waals surface area contributed by atoms with Gasteiger partial charge in [0.2, 0.25) is 0 Å². The van der Waals surface area contributed by atoms with Crippen molar-refractivity contribution in [2.24, 2.45) is 7.05 Å². The SMILES string of the molecule is Cc1occc1SCc1nnc(C(C)C)n1C. The van der Waals surface area contributed by atoms with Crippen LogP contribution in [0.25, 0.3) is 0 Å². The quantitative estimate of drug-likeness (QED) is 0.783. The number of rotatable bonds is 4. The van der Waals surface area contributed by atoms with Crippen molar-refractivity contribution in [2.75, 3.05) is 0 Å². The van der Waals surface area contributed by atoms with Crippen molar-refractivity contribution in [1.82, 2.24) is 14.8 Å². The van der Waals surface area contributed by atoms with Gasteiger partial charge in [0.05, 0.1) is 12.0 Å². The summed E-state index contributed by atoms with van der Waals surface area (Å²) < 4.78 is 7.34. The van der Waals surface area contributed by atoms with E-state index in [4.69, 9.17) is 4.42 Å². The second kappa shape index (κ2) is 4.96. The molecule has 0 unspecified atom stereocenters. The summed E-state index contributed by atoms with van der Waals surface area (Å²) in [6.07, 6.45) is 1.72. The van der Waals surface area contributed by atoms with Crippen molar-refractivity contribution >= 4 is 11.8 Å². The Morgan fingerprint density at radius 1 is 1.41 bits per heavy atom. The highest BCUT2D eigenvalue weighted by molar-refractivity contribution is 7.98. The summed E-state index contributed by atoms with van der Waals surface area (Å²) in [6, 6.07) is 1.99. The summed E-state index contributed by atoms with van der Waals surface area (Å²) in [7, 11) is 2.02. The zero-order valence-electron chi connectivity index (χ0n) is 10.6. The summed E-state index contributed by atoms with van der Waals surface area (Å²) in [5.74, 6) is 4.21. The first kappa shape index (κ1) is 12.2. The molecule has 2 aromatic rings. The molecule has 0 saturated heterocycles. The minimum absolute atomic E-state index is 0.405. The van der Waals surface area contributed by atoms with Crippen molar-refractivity contribution in [3.8, 4) is 0 Å². The second-order valence-corrected chi connectivity index (χ2v) is 5.34. The Morgan fingerprint density at radius 3 is 2.71 bits per heavy atom. The first-order valence-corrected chi connectivity index (χ1v) is 6.63. The lowest BCUT2D eigenvalue weighted by Gasteiger charge is -2.05. The summed E-state index contributed by atoms with van der Waals surface area (Å²) in [6.45, 7) is 6.22. The lowest BCUT2D eigenvalue weighted by molar-refractivity contribution is 0.527. The highest BCUT2D eigenvalue weighted by Gasteiger charge is 2.12. The van der Waals surface area contributed by atoms with E-state index in [-0.39, 0.29) is 0 Å². The number of thioether (sulfide) groups is 1. The minimum Gasteiger partial charge on any atom is -0.468 e. The van der Waals surface area contributed by atoms with Crippen LogP contribution in [-0.2, 0) is 12.8 Å². The second-order valence-electron chi connectivity index (χ2n) is 4.32. The molecule has 2 rings (SSSR count). The molecule has 0 radical (unpaired) electrons. The van der Waals surface area contributed by atoms with Crippen molar-refractivity contribution in [3.05, 3.63) is 29.7 Å². The van der Waals surface area contributed by atoms with Crippen LogP contribution in [0.4, 0.5) is 0 Å². The van der Waals surface area contributed by atoms with Crippen LogP contribution in [0.2, 0.25) is 0 Å². The molecule has 0 fully saturated rings. The molecule has 0 aliphatic carbocycles. The molecule has 0 N–H and O–H groups in total. The average Bonchev–Trinajstić information content (AvgIpc) is 2.82. The van der Waals surface area contributed by atoms with Gasteiger partial charge < -0.3 is 8.98 Å². The van der Waals surface area contributed by atoms with Gasteiger partial charge in [-0.05, 0) is 13.0 Å². The Morgan fingerprint density at radius 2 is 2.18 bits per heavy atom. The first-order valence-electron chi connectivity index (χ1n) is 5.64. The zero-order valence-corrected chi connectivity index (χ0v) is 11.4. The molecule has 4 nitrogen and oxygen atoms in total. The lowest BCUT2D eigenvalue weighted by atomic mass is 10.2. The molecular weight excluding hydrogens is 234 g/mol. The largest absolute Gasteiger partial charge is 0.468 e. The summed E-state index contributed by atoms with van der Waals surface area (Å²) in [5, 5.41) is 8.44. The zero-order chi connectivity index (χ0) is 12.4. The van der Waals surface area contributed by atoms with Gasteiger partial charge in [0.1, 0.15) is 17.4 Å². The van der Waals surface area contributed by atoms with E-state index in [2.05, 4.69) is 28.6 Å². The maximum absolute atomic E-state index is 5.26. The number of hydrogen-bond donors (Lipinski definition) is 0. The predicted octanol–water partition coefficient (Wildman–Crippen LogP) is 3.13. The molecule has 0 bridgehead atoms. The Kier molecular flexibility index (Phi) is 3.57. The van der Waals surface area contributed by atoms with Crippen LogP contribution in [0.5, 0.6) is 0 Å². The monoisotopic (exact) mass is 251 g/mol. The van der Waals surface area contributed by atoms with E-state index in [1.165, 1.54) is 4.90 Å². The molecule has 92 valence electrons. The molecule has 0 saturated carbocycles. The fourth-order valence-electron chi connectivity index (χ4n) is 1.67. The average molecular weight is 251 g/mol. The van der Waals surface area contributed by atoms with E-state index < -0.39 is 0 Å². The smallest absolute Gasteiger partial charge is 0.143 e. The number of furan rings is 1. The number of nitrogens with zero attached hydrogens (tertiary/aromatic N) is 3. The highest BCUT2D eigenvalue weighted by atomic mass is 32.2. The topological polar surface area (TPSA) is 43.9 Å². The molecule has 0 amide bonds. The molecule has 0 aliphatic heterocycles. The van der Waals surface area contributed by atoms with Gasteiger partial charge in [-0.3, -0.25) is 0 Å². The molecule has 0 aromatic carbocycles. The molecule has 0 atom stereocenters. The maximum Gasteiger partial charge on any atom is 0.143 e. The van der Waals surface area contributed by atoms with E-state index in [1.807, 2.05) is 20.0 Å². The van der Waals surface area contributed by atoms with Crippen LogP contribution in [0.1, 0.15) is 37.2 Å². The van der Waals surface area contributed by atoms with Crippen LogP contribution in [0.15, 0.2) is 21.6 Å². The number of aryl methyl sites for hydroxylation is 1. The molecule has 2 heterocycles. The van der Waals surface area contributed by atoms with Crippen molar-refractivity contribution in [2.45, 2.75) is 37.3 Å². The third-order valence-electron chi connectivity index (χ3n) is 2.68. The van der Waals surface area contributed by atoms with Crippen molar-refractivity contribution in [3.63, 3.8) is 0 Å². The predicted molar refractivity (Wildman–Crippen MR) is 68.1 cm³/mol. The Bertz CT molecular complexity index is 502. The molecule has 17 heavy (non-hydrogen) atoms. The van der Waals surface area contributed by atoms with Crippen LogP contribution in [0, 0.1) is 6.92 Å². The van der Waals surface area contributed by atoms with E-state index in [1.54, 1.807) is 18.0 Å². The van der Waals surface area contributed by atoms with Gasteiger partial charge in [-0.1, -0.05) is 13.8 Å². The van der Waals surface area contributed by atoms with E-state index in [0.717, 1.165) is 23.2 Å². The summed E-state index contributed by atoms with van der Waals surface area (Å²) in [4.78, 5) is 1.17.